The van der Waals surface area contributed by atoms with Crippen molar-refractivity contribution in [2.24, 2.45) is 0 Å². The number of hydrogen-bond donors (Lipinski definition) is 0. The molecule has 2 aromatic carbocycles. The number of halogens is 1. The molecule has 1 aliphatic carbocycles. The molecular weight excluding hydrogens is 423 g/mol. The molecule has 2 aromatic rings. The van der Waals surface area contributed by atoms with Crippen LogP contribution < -0.4 is 0 Å². The van der Waals surface area contributed by atoms with Crippen molar-refractivity contribution in [1.82, 2.24) is 0 Å². The number of carbonyl (C=O) groups is 1. The van der Waals surface area contributed by atoms with E-state index in [2.05, 4.69) is 65.9 Å². The second-order valence-electron chi connectivity index (χ2n) is 6.31. The van der Waals surface area contributed by atoms with Crippen LogP contribution in [0.15, 0.2) is 72.3 Å². The predicted molar refractivity (Wildman–Crippen MR) is 110 cm³/mol. The summed E-state index contributed by atoms with van der Waals surface area (Å²) < 4.78 is 6.67. The van der Waals surface area contributed by atoms with Crippen LogP contribution in [0.4, 0.5) is 0 Å². The summed E-state index contributed by atoms with van der Waals surface area (Å²) in [4.78, 5) is 12.2. The Labute approximate surface area is 162 Å². The lowest BCUT2D eigenvalue weighted by Crippen LogP contribution is -2.17. The zero-order chi connectivity index (χ0) is 17.6. The predicted octanol–water partition coefficient (Wildman–Crippen LogP) is 5.64. The molecule has 1 unspecified atom stereocenters. The fourth-order valence-electron chi connectivity index (χ4n) is 2.75. The lowest BCUT2D eigenvalue weighted by Gasteiger charge is -2.17. The minimum atomic E-state index is -0.262. The smallest absolute Gasteiger partial charge is 0.338 e. The molecular formula is C22H21IO2. The zero-order valence-corrected chi connectivity index (χ0v) is 16.4. The molecule has 0 saturated heterocycles. The van der Waals surface area contributed by atoms with Crippen LogP contribution in [0.3, 0.4) is 0 Å². The van der Waals surface area contributed by atoms with Gasteiger partial charge in [-0.05, 0) is 78.3 Å². The molecule has 0 aromatic heterocycles. The molecule has 3 heteroatoms. The van der Waals surface area contributed by atoms with Crippen molar-refractivity contribution in [1.29, 1.82) is 0 Å². The molecule has 0 heterocycles. The third kappa shape index (κ3) is 5.30. The van der Waals surface area contributed by atoms with E-state index in [-0.39, 0.29) is 12.1 Å². The van der Waals surface area contributed by atoms with E-state index in [0.717, 1.165) is 22.8 Å². The molecule has 0 saturated carbocycles. The van der Waals surface area contributed by atoms with Crippen LogP contribution in [0.2, 0.25) is 0 Å². The number of benzene rings is 2. The second kappa shape index (κ2) is 8.48. The first-order valence-corrected chi connectivity index (χ1v) is 9.57. The van der Waals surface area contributed by atoms with E-state index in [1.807, 2.05) is 18.2 Å². The van der Waals surface area contributed by atoms with Gasteiger partial charge in [-0.1, -0.05) is 47.6 Å². The van der Waals surface area contributed by atoms with E-state index in [9.17, 15) is 4.79 Å². The SMILES string of the molecule is Cc1ccc(CCC2=CCC(OC(=O)c3ccc(I)cc3)C=C2)cc1. The third-order valence-corrected chi connectivity index (χ3v) is 5.02. The lowest BCUT2D eigenvalue weighted by molar-refractivity contribution is 0.0397. The minimum Gasteiger partial charge on any atom is -0.454 e. The van der Waals surface area contributed by atoms with Crippen molar-refractivity contribution in [3.05, 3.63) is 92.6 Å². The molecule has 0 amide bonds. The highest BCUT2D eigenvalue weighted by Crippen LogP contribution is 2.19. The van der Waals surface area contributed by atoms with E-state index >= 15 is 0 Å². The fourth-order valence-corrected chi connectivity index (χ4v) is 3.11. The average Bonchev–Trinajstić information content (AvgIpc) is 2.63. The molecule has 0 N–H and O–H groups in total. The molecule has 128 valence electrons. The van der Waals surface area contributed by atoms with Gasteiger partial charge in [-0.3, -0.25) is 0 Å². The molecule has 1 atom stereocenters. The van der Waals surface area contributed by atoms with E-state index < -0.39 is 0 Å². The Balaban J connectivity index is 1.49. The van der Waals surface area contributed by atoms with Crippen LogP contribution in [0, 0.1) is 10.5 Å². The highest BCUT2D eigenvalue weighted by Gasteiger charge is 2.15. The van der Waals surface area contributed by atoms with Gasteiger partial charge >= 0.3 is 5.97 Å². The monoisotopic (exact) mass is 444 g/mol. The number of esters is 1. The minimum absolute atomic E-state index is 0.171. The summed E-state index contributed by atoms with van der Waals surface area (Å²) in [5, 5.41) is 0. The van der Waals surface area contributed by atoms with Crippen molar-refractivity contribution in [3.63, 3.8) is 0 Å². The van der Waals surface area contributed by atoms with Crippen LogP contribution in [-0.4, -0.2) is 12.1 Å². The Morgan fingerprint density at radius 2 is 1.80 bits per heavy atom. The number of carbonyl (C=O) groups excluding carboxylic acids is 1. The molecule has 0 spiro atoms. The standard InChI is InChI=1S/C22H21IO2/c1-16-2-4-17(5-3-16)6-7-18-8-14-21(15-9-18)25-22(24)19-10-12-20(23)13-11-19/h2-5,8-14,21H,6-7,15H2,1H3. The highest BCUT2D eigenvalue weighted by atomic mass is 127. The summed E-state index contributed by atoms with van der Waals surface area (Å²) in [6.45, 7) is 2.11. The van der Waals surface area contributed by atoms with Crippen LogP contribution in [-0.2, 0) is 11.2 Å². The molecule has 1 aliphatic rings. The molecule has 0 fully saturated rings. The highest BCUT2D eigenvalue weighted by molar-refractivity contribution is 14.1. The van der Waals surface area contributed by atoms with Crippen LogP contribution in [0.5, 0.6) is 0 Å². The molecule has 2 nitrogen and oxygen atoms in total. The molecule has 3 rings (SSSR count). The number of aryl methyl sites for hydroxylation is 2. The topological polar surface area (TPSA) is 26.3 Å². The maximum atomic E-state index is 12.2. The van der Waals surface area contributed by atoms with E-state index in [0.29, 0.717) is 5.56 Å². The van der Waals surface area contributed by atoms with Gasteiger partial charge in [0.05, 0.1) is 5.56 Å². The molecule has 0 aliphatic heterocycles. The molecule has 0 radical (unpaired) electrons. The number of rotatable bonds is 5. The first kappa shape index (κ1) is 17.9. The van der Waals surface area contributed by atoms with Crippen molar-refractivity contribution >= 4 is 28.6 Å². The first-order valence-electron chi connectivity index (χ1n) is 8.49. The van der Waals surface area contributed by atoms with E-state index in [1.165, 1.54) is 16.7 Å². The average molecular weight is 444 g/mol. The Bertz CT molecular complexity index is 786. The van der Waals surface area contributed by atoms with Gasteiger partial charge in [-0.15, -0.1) is 0 Å². The maximum Gasteiger partial charge on any atom is 0.338 e. The fraction of sp³-hybridized carbons (Fsp3) is 0.227. The summed E-state index contributed by atoms with van der Waals surface area (Å²) in [6.07, 6.45) is 8.88. The van der Waals surface area contributed by atoms with Gasteiger partial charge in [0.25, 0.3) is 0 Å². The lowest BCUT2D eigenvalue weighted by atomic mass is 9.98. The van der Waals surface area contributed by atoms with E-state index in [4.69, 9.17) is 4.74 Å². The van der Waals surface area contributed by atoms with Crippen molar-refractivity contribution in [2.45, 2.75) is 32.3 Å². The quantitative estimate of drug-likeness (QED) is 0.441. The van der Waals surface area contributed by atoms with Gasteiger partial charge in [0.2, 0.25) is 0 Å². The third-order valence-electron chi connectivity index (χ3n) is 4.30. The van der Waals surface area contributed by atoms with Crippen LogP contribution in [0.1, 0.15) is 34.3 Å². The maximum absolute atomic E-state index is 12.2. The van der Waals surface area contributed by atoms with E-state index in [1.54, 1.807) is 12.1 Å². The summed E-state index contributed by atoms with van der Waals surface area (Å²) in [5.74, 6) is -0.262. The zero-order valence-electron chi connectivity index (χ0n) is 14.2. The van der Waals surface area contributed by atoms with Gasteiger partial charge in [0, 0.05) is 9.99 Å². The Kier molecular flexibility index (Phi) is 6.08. The number of hydrogen-bond acceptors (Lipinski definition) is 2. The Morgan fingerprint density at radius 1 is 1.08 bits per heavy atom. The van der Waals surface area contributed by atoms with Gasteiger partial charge < -0.3 is 4.74 Å². The molecule has 25 heavy (non-hydrogen) atoms. The van der Waals surface area contributed by atoms with Crippen molar-refractivity contribution in [3.8, 4) is 0 Å². The Hall–Kier alpha value is -1.88. The van der Waals surface area contributed by atoms with Crippen LogP contribution >= 0.6 is 22.6 Å². The van der Waals surface area contributed by atoms with Gasteiger partial charge in [-0.25, -0.2) is 4.79 Å². The van der Waals surface area contributed by atoms with Crippen LogP contribution in [0.25, 0.3) is 0 Å². The van der Waals surface area contributed by atoms with Gasteiger partial charge in [-0.2, -0.15) is 0 Å². The van der Waals surface area contributed by atoms with Gasteiger partial charge in [0.15, 0.2) is 0 Å². The molecule has 0 bridgehead atoms. The number of ether oxygens (including phenoxy) is 1. The van der Waals surface area contributed by atoms with Gasteiger partial charge in [0.1, 0.15) is 6.10 Å². The summed E-state index contributed by atoms with van der Waals surface area (Å²) in [5.41, 5.74) is 4.55. The first-order chi connectivity index (χ1) is 12.1. The summed E-state index contributed by atoms with van der Waals surface area (Å²) in [7, 11) is 0. The van der Waals surface area contributed by atoms with Crippen molar-refractivity contribution in [2.75, 3.05) is 0 Å². The van der Waals surface area contributed by atoms with Crippen molar-refractivity contribution < 1.29 is 9.53 Å². The Morgan fingerprint density at radius 3 is 2.44 bits per heavy atom. The number of allylic oxidation sites excluding steroid dienone is 2. The largest absolute Gasteiger partial charge is 0.454 e. The summed E-state index contributed by atoms with van der Waals surface area (Å²) in [6, 6.07) is 16.1. The summed E-state index contributed by atoms with van der Waals surface area (Å²) >= 11 is 2.22. The second-order valence-corrected chi connectivity index (χ2v) is 7.56. The normalized spacial score (nSPS) is 16.4.